The Morgan fingerprint density at radius 1 is 0.872 bits per heavy atom. The Kier molecular flexibility index (Phi) is 6.31. The van der Waals surface area contributed by atoms with Gasteiger partial charge in [-0.15, -0.1) is 0 Å². The average Bonchev–Trinajstić information content (AvgIpc) is 3.41. The summed E-state index contributed by atoms with van der Waals surface area (Å²) in [6, 6.07) is 24.4. The van der Waals surface area contributed by atoms with Crippen LogP contribution in [0.25, 0.3) is 0 Å². The number of rotatable bonds is 7. The summed E-state index contributed by atoms with van der Waals surface area (Å²) in [4.78, 5) is 15.5. The van der Waals surface area contributed by atoms with E-state index in [0.29, 0.717) is 29.0 Å². The van der Waals surface area contributed by atoms with Gasteiger partial charge in [0.15, 0.2) is 11.5 Å². The first-order valence-corrected chi connectivity index (χ1v) is 12.9. The number of fused-ring (bicyclic) bond motifs is 1. The molecule has 39 heavy (non-hydrogen) atoms. The molecule has 0 saturated carbocycles. The van der Waals surface area contributed by atoms with Crippen LogP contribution in [0.5, 0.6) is 11.5 Å². The monoisotopic (exact) mass is 527 g/mol. The van der Waals surface area contributed by atoms with Gasteiger partial charge in [0.1, 0.15) is 17.2 Å². The summed E-state index contributed by atoms with van der Waals surface area (Å²) in [5.74, 6) is -0.0444. The van der Waals surface area contributed by atoms with Gasteiger partial charge in [0.05, 0.1) is 12.0 Å². The maximum atomic E-state index is 13.7. The molecule has 4 aromatic rings. The van der Waals surface area contributed by atoms with Crippen LogP contribution in [0.2, 0.25) is 0 Å². The van der Waals surface area contributed by atoms with Gasteiger partial charge in [0.25, 0.3) is 0 Å². The van der Waals surface area contributed by atoms with E-state index >= 15 is 0 Å². The zero-order valence-corrected chi connectivity index (χ0v) is 21.3. The Balaban J connectivity index is 1.36. The largest absolute Gasteiger partial charge is 0.454 e. The van der Waals surface area contributed by atoms with Crippen LogP contribution in [-0.2, 0) is 10.4 Å². The van der Waals surface area contributed by atoms with Gasteiger partial charge >= 0.3 is 0 Å². The topological polar surface area (TPSA) is 59.0 Å². The number of amides is 1. The second kappa shape index (κ2) is 9.82. The van der Waals surface area contributed by atoms with Gasteiger partial charge in [0, 0.05) is 5.69 Å². The minimum Gasteiger partial charge on any atom is -0.454 e. The number of hydrogen-bond acceptors (Lipinski definition) is 4. The highest BCUT2D eigenvalue weighted by Gasteiger charge is 2.50. The molecule has 1 amide bonds. The van der Waals surface area contributed by atoms with E-state index < -0.39 is 23.2 Å². The summed E-state index contributed by atoms with van der Waals surface area (Å²) in [7, 11) is 0. The molecule has 0 radical (unpaired) electrons. The van der Waals surface area contributed by atoms with Gasteiger partial charge in [-0.3, -0.25) is 4.79 Å². The van der Waals surface area contributed by atoms with E-state index in [1.54, 1.807) is 4.90 Å². The van der Waals surface area contributed by atoms with E-state index in [4.69, 9.17) is 9.47 Å². The lowest BCUT2D eigenvalue weighted by molar-refractivity contribution is -0.131. The molecule has 0 aliphatic carbocycles. The molecular formula is C32H27F2NO4. The second-order valence-corrected chi connectivity index (χ2v) is 10.1. The molecule has 2 aliphatic rings. The summed E-state index contributed by atoms with van der Waals surface area (Å²) >= 11 is 0. The number of anilines is 1. The lowest BCUT2D eigenvalue weighted by atomic mass is 9.74. The smallest absolute Gasteiger partial charge is 0.233 e. The van der Waals surface area contributed by atoms with Crippen molar-refractivity contribution in [2.24, 2.45) is 5.92 Å². The lowest BCUT2D eigenvalue weighted by Crippen LogP contribution is -2.55. The van der Waals surface area contributed by atoms with Crippen molar-refractivity contribution < 1.29 is 28.2 Å². The fraction of sp³-hybridized carbons (Fsp3) is 0.219. The molecule has 4 aromatic carbocycles. The summed E-state index contributed by atoms with van der Waals surface area (Å²) in [5.41, 5.74) is 2.09. The summed E-state index contributed by atoms with van der Waals surface area (Å²) in [5, 5.41) is 12.0. The predicted octanol–water partition coefficient (Wildman–Crippen LogP) is 6.42. The highest BCUT2D eigenvalue weighted by molar-refractivity contribution is 6.03. The number of ether oxygens (including phenoxy) is 2. The van der Waals surface area contributed by atoms with Gasteiger partial charge < -0.3 is 19.5 Å². The molecule has 0 spiro atoms. The second-order valence-electron chi connectivity index (χ2n) is 10.1. The first kappa shape index (κ1) is 25.1. The predicted molar refractivity (Wildman–Crippen MR) is 142 cm³/mol. The zero-order chi connectivity index (χ0) is 27.1. The van der Waals surface area contributed by atoms with Gasteiger partial charge in [0.2, 0.25) is 12.7 Å². The molecule has 5 nitrogen and oxygen atoms in total. The average molecular weight is 528 g/mol. The minimum atomic E-state index is -1.55. The van der Waals surface area contributed by atoms with Crippen LogP contribution >= 0.6 is 0 Å². The fourth-order valence-corrected chi connectivity index (χ4v) is 5.68. The standard InChI is InChI=1S/C32H27F2NO4/c1-20-4-2-3-5-27(20)35-30(21-6-15-28-29(18-21)39-19-38-28)26(31(35)36)16-17-32(37,22-7-11-24(33)12-8-22)23-9-13-25(34)14-10-23/h2-15,18,26,30,37H,16-17,19H2,1H3/t26-,30-/m1/s1. The van der Waals surface area contributed by atoms with Crippen LogP contribution in [0.3, 0.4) is 0 Å². The van der Waals surface area contributed by atoms with Crippen molar-refractivity contribution in [1.29, 1.82) is 0 Å². The number of carbonyl (C=O) groups is 1. The van der Waals surface area contributed by atoms with Crippen LogP contribution in [0.4, 0.5) is 14.5 Å². The molecule has 1 saturated heterocycles. The number of benzene rings is 4. The fourth-order valence-electron chi connectivity index (χ4n) is 5.68. The Bertz CT molecular complexity index is 1470. The molecule has 7 heteroatoms. The molecular weight excluding hydrogens is 500 g/mol. The maximum absolute atomic E-state index is 13.7. The van der Waals surface area contributed by atoms with E-state index in [9.17, 15) is 18.7 Å². The molecule has 6 rings (SSSR count). The van der Waals surface area contributed by atoms with E-state index in [0.717, 1.165) is 16.8 Å². The molecule has 0 unspecified atom stereocenters. The van der Waals surface area contributed by atoms with Crippen LogP contribution in [0, 0.1) is 24.5 Å². The Hall–Kier alpha value is -4.23. The van der Waals surface area contributed by atoms with Crippen molar-refractivity contribution in [2.75, 3.05) is 11.7 Å². The number of nitrogens with zero attached hydrogens (tertiary/aromatic N) is 1. The van der Waals surface area contributed by atoms with Crippen molar-refractivity contribution in [3.63, 3.8) is 0 Å². The van der Waals surface area contributed by atoms with Crippen LogP contribution < -0.4 is 14.4 Å². The quantitative estimate of drug-likeness (QED) is 0.282. The Morgan fingerprint density at radius 2 is 1.49 bits per heavy atom. The molecule has 2 aliphatic heterocycles. The molecule has 0 bridgehead atoms. The molecule has 198 valence electrons. The molecule has 2 heterocycles. The highest BCUT2D eigenvalue weighted by atomic mass is 19.1. The van der Waals surface area contributed by atoms with E-state index in [1.165, 1.54) is 48.5 Å². The summed E-state index contributed by atoms with van der Waals surface area (Å²) in [6.45, 7) is 2.12. The first-order valence-electron chi connectivity index (χ1n) is 12.9. The number of aliphatic hydroxyl groups is 1. The number of halogens is 2. The van der Waals surface area contributed by atoms with Gasteiger partial charge in [-0.1, -0.05) is 48.5 Å². The van der Waals surface area contributed by atoms with E-state index in [-0.39, 0.29) is 25.2 Å². The van der Waals surface area contributed by atoms with Crippen LogP contribution in [0.1, 0.15) is 41.1 Å². The molecule has 1 fully saturated rings. The van der Waals surface area contributed by atoms with Crippen LogP contribution in [-0.4, -0.2) is 17.8 Å². The number of aryl methyl sites for hydroxylation is 1. The van der Waals surface area contributed by atoms with E-state index in [2.05, 4.69) is 0 Å². The molecule has 0 aromatic heterocycles. The third-order valence-electron chi connectivity index (χ3n) is 7.79. The zero-order valence-electron chi connectivity index (χ0n) is 21.3. The van der Waals surface area contributed by atoms with Crippen molar-refractivity contribution in [3.8, 4) is 11.5 Å². The lowest BCUT2D eigenvalue weighted by Gasteiger charge is -2.49. The summed E-state index contributed by atoms with van der Waals surface area (Å²) in [6.07, 6.45) is 0.509. The van der Waals surface area contributed by atoms with Gasteiger partial charge in [-0.2, -0.15) is 0 Å². The van der Waals surface area contributed by atoms with Crippen molar-refractivity contribution in [2.45, 2.75) is 31.4 Å². The number of para-hydroxylation sites is 1. The number of carbonyl (C=O) groups excluding carboxylic acids is 1. The number of β-lactam (4-membered cyclic amide) rings is 1. The van der Waals surface area contributed by atoms with Crippen molar-refractivity contribution in [3.05, 3.63) is 125 Å². The van der Waals surface area contributed by atoms with Gasteiger partial charge in [-0.05, 0) is 84.5 Å². The number of hydrogen-bond donors (Lipinski definition) is 1. The third-order valence-corrected chi connectivity index (χ3v) is 7.79. The van der Waals surface area contributed by atoms with Gasteiger partial charge in [-0.25, -0.2) is 8.78 Å². The highest BCUT2D eigenvalue weighted by Crippen LogP contribution is 2.50. The third kappa shape index (κ3) is 4.42. The van der Waals surface area contributed by atoms with E-state index in [1.807, 2.05) is 49.4 Å². The van der Waals surface area contributed by atoms with Crippen molar-refractivity contribution in [1.82, 2.24) is 0 Å². The summed E-state index contributed by atoms with van der Waals surface area (Å²) < 4.78 is 38.5. The van der Waals surface area contributed by atoms with Crippen molar-refractivity contribution >= 4 is 11.6 Å². The SMILES string of the molecule is Cc1ccccc1N1C(=O)[C@H](CCC(O)(c2ccc(F)cc2)c2ccc(F)cc2)[C@H]1c1ccc2c(c1)OCO2. The Morgan fingerprint density at radius 3 is 2.13 bits per heavy atom. The first-order chi connectivity index (χ1) is 18.8. The molecule has 1 N–H and O–H groups in total. The normalized spacial score (nSPS) is 18.3. The maximum Gasteiger partial charge on any atom is 0.233 e. The Labute approximate surface area is 225 Å². The minimum absolute atomic E-state index is 0.0486. The van der Waals surface area contributed by atoms with Crippen LogP contribution in [0.15, 0.2) is 91.0 Å². The molecule has 2 atom stereocenters.